The van der Waals surface area contributed by atoms with E-state index in [1.165, 1.54) is 31.2 Å². The molecule has 0 saturated carbocycles. The molecule has 4 nitrogen and oxygen atoms in total. The van der Waals surface area contributed by atoms with Crippen LogP contribution in [0.4, 0.5) is 17.6 Å². The van der Waals surface area contributed by atoms with Gasteiger partial charge in [0.25, 0.3) is 0 Å². The summed E-state index contributed by atoms with van der Waals surface area (Å²) < 4.78 is 57.5. The van der Waals surface area contributed by atoms with Crippen LogP contribution in [0.2, 0.25) is 0 Å². The monoisotopic (exact) mass is 514 g/mol. The van der Waals surface area contributed by atoms with Gasteiger partial charge in [0.2, 0.25) is 5.91 Å². The molecular formula is C29H30F4N2O2. The third-order valence-electron chi connectivity index (χ3n) is 6.93. The van der Waals surface area contributed by atoms with Crippen molar-refractivity contribution >= 4 is 5.91 Å². The topological polar surface area (TPSA) is 32.8 Å². The van der Waals surface area contributed by atoms with Gasteiger partial charge in [-0.05, 0) is 59.0 Å². The number of carbonyl (C=O) groups excluding carboxylic acids is 1. The zero-order chi connectivity index (χ0) is 26.6. The third-order valence-corrected chi connectivity index (χ3v) is 6.93. The highest BCUT2D eigenvalue weighted by molar-refractivity contribution is 5.73. The number of carbonyl (C=O) groups is 1. The molecule has 4 rings (SSSR count). The van der Waals surface area contributed by atoms with Crippen molar-refractivity contribution in [2.24, 2.45) is 5.92 Å². The predicted octanol–water partition coefficient (Wildman–Crippen LogP) is 6.12. The van der Waals surface area contributed by atoms with Gasteiger partial charge in [0.1, 0.15) is 11.6 Å². The molecule has 0 radical (unpaired) electrons. The summed E-state index contributed by atoms with van der Waals surface area (Å²) in [5.74, 6) is 0.579. The lowest BCUT2D eigenvalue weighted by atomic mass is 9.88. The Hall–Kier alpha value is -3.39. The fourth-order valence-electron chi connectivity index (χ4n) is 4.96. The van der Waals surface area contributed by atoms with Gasteiger partial charge in [-0.3, -0.25) is 9.69 Å². The normalized spacial score (nSPS) is 18.1. The first-order valence-corrected chi connectivity index (χ1v) is 12.1. The second-order valence-electron chi connectivity index (χ2n) is 9.55. The molecule has 8 heteroatoms. The van der Waals surface area contributed by atoms with Crippen molar-refractivity contribution in [2.75, 3.05) is 26.7 Å². The Morgan fingerprint density at radius 2 is 1.57 bits per heavy atom. The van der Waals surface area contributed by atoms with Crippen LogP contribution in [-0.4, -0.2) is 42.5 Å². The summed E-state index contributed by atoms with van der Waals surface area (Å²) in [4.78, 5) is 16.5. The highest BCUT2D eigenvalue weighted by Gasteiger charge is 2.36. The molecule has 3 aromatic rings. The zero-order valence-electron chi connectivity index (χ0n) is 20.8. The van der Waals surface area contributed by atoms with Gasteiger partial charge in [-0.1, -0.05) is 36.4 Å². The molecule has 3 aromatic carbocycles. The van der Waals surface area contributed by atoms with Gasteiger partial charge >= 0.3 is 6.18 Å². The molecule has 37 heavy (non-hydrogen) atoms. The number of benzene rings is 3. The average Bonchev–Trinajstić information content (AvgIpc) is 3.26. The molecule has 1 heterocycles. The fraction of sp³-hybridized carbons (Fsp3) is 0.345. The number of nitrogens with zero attached hydrogens (tertiary/aromatic N) is 2. The van der Waals surface area contributed by atoms with Gasteiger partial charge in [0.05, 0.1) is 12.7 Å². The Morgan fingerprint density at radius 1 is 0.946 bits per heavy atom. The first kappa shape index (κ1) is 26.7. The Balaban J connectivity index is 1.53. The molecule has 196 valence electrons. The second kappa shape index (κ2) is 11.3. The number of halogens is 4. The van der Waals surface area contributed by atoms with Gasteiger partial charge in [0, 0.05) is 45.6 Å². The minimum Gasteiger partial charge on any atom is -0.497 e. The summed E-state index contributed by atoms with van der Waals surface area (Å²) in [6, 6.07) is 19.3. The standard InChI is InChI=1S/C29H30F4N2O2/c1-20(36)35(16-22-5-11-26(30)12-6-22)18-24-17-34(15-21-3-9-25(10-4-21)29(31,32)33)19-28(24)23-7-13-27(37-2)14-8-23/h3-14,24,28H,15-19H2,1-2H3/t24-,28+/m1/s1. The summed E-state index contributed by atoms with van der Waals surface area (Å²) in [6.45, 7) is 4.32. The SMILES string of the molecule is COc1ccc([C@@H]2CN(Cc3ccc(C(F)(F)F)cc3)C[C@@H]2CN(Cc2ccc(F)cc2)C(C)=O)cc1. The van der Waals surface area contributed by atoms with Crippen molar-refractivity contribution in [1.29, 1.82) is 0 Å². The van der Waals surface area contributed by atoms with E-state index in [1.807, 2.05) is 24.3 Å². The van der Waals surface area contributed by atoms with E-state index in [1.54, 1.807) is 24.1 Å². The van der Waals surface area contributed by atoms with Gasteiger partial charge < -0.3 is 9.64 Å². The van der Waals surface area contributed by atoms with Gasteiger partial charge in [-0.15, -0.1) is 0 Å². The lowest BCUT2D eigenvalue weighted by molar-refractivity contribution is -0.137. The van der Waals surface area contributed by atoms with Crippen LogP contribution in [0.15, 0.2) is 72.8 Å². The van der Waals surface area contributed by atoms with E-state index in [9.17, 15) is 22.4 Å². The number of likely N-dealkylation sites (tertiary alicyclic amines) is 1. The maximum Gasteiger partial charge on any atom is 0.416 e. The van der Waals surface area contributed by atoms with Gasteiger partial charge in [-0.2, -0.15) is 13.2 Å². The van der Waals surface area contributed by atoms with Crippen molar-refractivity contribution in [1.82, 2.24) is 9.80 Å². The lowest BCUT2D eigenvalue weighted by Crippen LogP contribution is -2.35. The summed E-state index contributed by atoms with van der Waals surface area (Å²) in [7, 11) is 1.61. The van der Waals surface area contributed by atoms with Crippen LogP contribution < -0.4 is 4.74 Å². The lowest BCUT2D eigenvalue weighted by Gasteiger charge is -2.28. The number of amides is 1. The summed E-state index contributed by atoms with van der Waals surface area (Å²) in [6.07, 6.45) is -4.36. The van der Waals surface area contributed by atoms with Crippen molar-refractivity contribution in [3.8, 4) is 5.75 Å². The van der Waals surface area contributed by atoms with E-state index in [4.69, 9.17) is 4.74 Å². The van der Waals surface area contributed by atoms with Crippen LogP contribution in [0.3, 0.4) is 0 Å². The number of methoxy groups -OCH3 is 1. The fourth-order valence-corrected chi connectivity index (χ4v) is 4.96. The number of ether oxygens (including phenoxy) is 1. The first-order chi connectivity index (χ1) is 17.6. The molecule has 0 aromatic heterocycles. The van der Waals surface area contributed by atoms with Crippen molar-refractivity contribution in [3.63, 3.8) is 0 Å². The Kier molecular flexibility index (Phi) is 8.17. The molecule has 2 atom stereocenters. The number of rotatable bonds is 8. The third kappa shape index (κ3) is 6.89. The number of alkyl halides is 3. The zero-order valence-corrected chi connectivity index (χ0v) is 20.8. The molecule has 0 N–H and O–H groups in total. The summed E-state index contributed by atoms with van der Waals surface area (Å²) in [5.41, 5.74) is 2.10. The minimum atomic E-state index is -4.36. The van der Waals surface area contributed by atoms with E-state index in [-0.39, 0.29) is 23.6 Å². The van der Waals surface area contributed by atoms with E-state index in [0.29, 0.717) is 32.7 Å². The van der Waals surface area contributed by atoms with E-state index < -0.39 is 11.7 Å². The van der Waals surface area contributed by atoms with Crippen molar-refractivity contribution in [3.05, 3.63) is 101 Å². The Bertz CT molecular complexity index is 1180. The van der Waals surface area contributed by atoms with Gasteiger partial charge in [-0.25, -0.2) is 4.39 Å². The quantitative estimate of drug-likeness (QED) is 0.340. The molecule has 0 aliphatic carbocycles. The maximum atomic E-state index is 13.4. The number of hydrogen-bond acceptors (Lipinski definition) is 3. The first-order valence-electron chi connectivity index (χ1n) is 12.1. The molecular weight excluding hydrogens is 484 g/mol. The number of hydrogen-bond donors (Lipinski definition) is 0. The van der Waals surface area contributed by atoms with E-state index in [2.05, 4.69) is 4.90 Å². The molecule has 1 amide bonds. The molecule has 1 saturated heterocycles. The molecule has 0 unspecified atom stereocenters. The largest absolute Gasteiger partial charge is 0.497 e. The van der Waals surface area contributed by atoms with Crippen LogP contribution in [0.1, 0.15) is 35.1 Å². The smallest absolute Gasteiger partial charge is 0.416 e. The van der Waals surface area contributed by atoms with Crippen molar-refractivity contribution < 1.29 is 27.1 Å². The van der Waals surface area contributed by atoms with Crippen LogP contribution in [0, 0.1) is 11.7 Å². The average molecular weight is 515 g/mol. The second-order valence-corrected chi connectivity index (χ2v) is 9.55. The highest BCUT2D eigenvalue weighted by Crippen LogP contribution is 2.36. The van der Waals surface area contributed by atoms with Crippen LogP contribution in [0.5, 0.6) is 5.75 Å². The molecule has 1 aliphatic heterocycles. The van der Waals surface area contributed by atoms with Crippen LogP contribution in [0.25, 0.3) is 0 Å². The molecule has 0 spiro atoms. The highest BCUT2D eigenvalue weighted by atomic mass is 19.4. The van der Waals surface area contributed by atoms with Crippen LogP contribution in [-0.2, 0) is 24.1 Å². The van der Waals surface area contributed by atoms with Crippen LogP contribution >= 0.6 is 0 Å². The molecule has 1 fully saturated rings. The summed E-state index contributed by atoms with van der Waals surface area (Å²) in [5, 5.41) is 0. The van der Waals surface area contributed by atoms with E-state index in [0.717, 1.165) is 34.6 Å². The molecule has 0 bridgehead atoms. The summed E-state index contributed by atoms with van der Waals surface area (Å²) >= 11 is 0. The van der Waals surface area contributed by atoms with E-state index >= 15 is 0 Å². The molecule has 1 aliphatic rings. The Morgan fingerprint density at radius 3 is 2.14 bits per heavy atom. The maximum absolute atomic E-state index is 13.4. The predicted molar refractivity (Wildman–Crippen MR) is 133 cm³/mol. The van der Waals surface area contributed by atoms with Gasteiger partial charge in [0.15, 0.2) is 0 Å². The van der Waals surface area contributed by atoms with Crippen molar-refractivity contribution in [2.45, 2.75) is 32.1 Å². The minimum absolute atomic E-state index is 0.0704. The Labute approximate surface area is 214 Å².